The van der Waals surface area contributed by atoms with Gasteiger partial charge in [0.2, 0.25) is 0 Å². The summed E-state index contributed by atoms with van der Waals surface area (Å²) >= 11 is 2.80. The maximum atomic E-state index is 11.3. The second-order valence-electron chi connectivity index (χ2n) is 7.10. The predicted octanol–water partition coefficient (Wildman–Crippen LogP) is 4.59. The third-order valence-electron chi connectivity index (χ3n) is 4.75. The van der Waals surface area contributed by atoms with E-state index < -0.39 is 5.97 Å². The minimum Gasteiger partial charge on any atom is -0.476 e. The zero-order valence-electron chi connectivity index (χ0n) is 17.4. The summed E-state index contributed by atoms with van der Waals surface area (Å²) in [5.74, 6) is 0.136. The molecule has 1 aromatic carbocycles. The summed E-state index contributed by atoms with van der Waals surface area (Å²) in [7, 11) is 0. The quantitative estimate of drug-likeness (QED) is 0.285. The molecule has 166 valence electrons. The van der Waals surface area contributed by atoms with Crippen LogP contribution in [0.1, 0.15) is 35.3 Å². The number of nitrogens with zero attached hydrogens (tertiary/aromatic N) is 5. The number of nitrogens with one attached hydrogen (secondary N) is 1. The number of para-hydroxylation sites is 1. The molecule has 0 aliphatic rings. The summed E-state index contributed by atoms with van der Waals surface area (Å²) < 4.78 is 1.09. The van der Waals surface area contributed by atoms with Crippen LogP contribution in [0.2, 0.25) is 0 Å². The highest BCUT2D eigenvalue weighted by Crippen LogP contribution is 2.31. The molecule has 3 N–H and O–H groups in total. The van der Waals surface area contributed by atoms with Gasteiger partial charge in [0, 0.05) is 18.5 Å². The Morgan fingerprint density at radius 2 is 2.00 bits per heavy atom. The second-order valence-corrected chi connectivity index (χ2v) is 8.97. The van der Waals surface area contributed by atoms with E-state index in [1.165, 1.54) is 16.7 Å². The van der Waals surface area contributed by atoms with Crippen LogP contribution in [-0.2, 0) is 0 Å². The molecular formula is C21H22N6O3S2. The molecule has 0 unspecified atom stereocenters. The van der Waals surface area contributed by atoms with E-state index in [0.29, 0.717) is 29.7 Å². The van der Waals surface area contributed by atoms with Crippen molar-refractivity contribution in [2.75, 3.05) is 23.4 Å². The number of carboxylic acid groups (broad SMARTS) is 1. The van der Waals surface area contributed by atoms with Gasteiger partial charge >= 0.3 is 5.97 Å². The van der Waals surface area contributed by atoms with Gasteiger partial charge in [-0.2, -0.15) is 0 Å². The molecular weight excluding hydrogens is 448 g/mol. The molecule has 0 aliphatic carbocycles. The molecule has 0 spiro atoms. The number of anilines is 4. The largest absolute Gasteiger partial charge is 0.476 e. The van der Waals surface area contributed by atoms with E-state index in [0.717, 1.165) is 33.8 Å². The first-order chi connectivity index (χ1) is 15.5. The predicted molar refractivity (Wildman–Crippen MR) is 127 cm³/mol. The average Bonchev–Trinajstić information content (AvgIpc) is 3.42. The molecule has 3 aromatic heterocycles. The maximum Gasteiger partial charge on any atom is 0.355 e. The summed E-state index contributed by atoms with van der Waals surface area (Å²) in [6.45, 7) is 2.67. The van der Waals surface area contributed by atoms with Crippen LogP contribution in [-0.4, -0.2) is 49.5 Å². The number of aromatic carboxylic acids is 1. The number of aryl methyl sites for hydroxylation is 1. The van der Waals surface area contributed by atoms with Crippen molar-refractivity contribution in [3.8, 4) is 0 Å². The zero-order chi connectivity index (χ0) is 22.5. The van der Waals surface area contributed by atoms with Gasteiger partial charge < -0.3 is 20.4 Å². The van der Waals surface area contributed by atoms with Crippen LogP contribution >= 0.6 is 22.7 Å². The highest BCUT2D eigenvalue weighted by atomic mass is 32.1. The molecule has 0 atom stereocenters. The van der Waals surface area contributed by atoms with Crippen LogP contribution in [0.5, 0.6) is 0 Å². The van der Waals surface area contributed by atoms with Gasteiger partial charge in [0.25, 0.3) is 0 Å². The van der Waals surface area contributed by atoms with Crippen LogP contribution < -0.4 is 10.2 Å². The third-order valence-corrected chi connectivity index (χ3v) is 6.56. The number of aromatic nitrogens is 4. The van der Waals surface area contributed by atoms with Gasteiger partial charge in [-0.25, -0.2) is 14.8 Å². The van der Waals surface area contributed by atoms with E-state index in [2.05, 4.69) is 25.5 Å². The summed E-state index contributed by atoms with van der Waals surface area (Å²) in [6.07, 6.45) is 2.35. The molecule has 9 nitrogen and oxygen atoms in total. The summed E-state index contributed by atoms with van der Waals surface area (Å²) in [4.78, 5) is 21.9. The Balaban J connectivity index is 1.57. The van der Waals surface area contributed by atoms with Crippen LogP contribution in [0.15, 0.2) is 35.7 Å². The Hall–Kier alpha value is -3.15. The molecule has 0 saturated carbocycles. The molecule has 0 bridgehead atoms. The lowest BCUT2D eigenvalue weighted by molar-refractivity contribution is 0.0691. The van der Waals surface area contributed by atoms with Gasteiger partial charge in [0.15, 0.2) is 27.6 Å². The van der Waals surface area contributed by atoms with Crippen LogP contribution in [0.4, 0.5) is 21.9 Å². The van der Waals surface area contributed by atoms with Gasteiger partial charge in [0.1, 0.15) is 0 Å². The summed E-state index contributed by atoms with van der Waals surface area (Å²) in [6, 6.07) is 9.82. The monoisotopic (exact) mass is 470 g/mol. The van der Waals surface area contributed by atoms with Crippen molar-refractivity contribution >= 4 is 60.8 Å². The lowest BCUT2D eigenvalue weighted by Crippen LogP contribution is -2.21. The number of fused-ring (bicyclic) bond motifs is 1. The number of thiazole rings is 2. The van der Waals surface area contributed by atoms with Crippen molar-refractivity contribution in [1.82, 2.24) is 20.2 Å². The van der Waals surface area contributed by atoms with Gasteiger partial charge in [-0.05, 0) is 49.9 Å². The molecule has 0 aliphatic heterocycles. The normalized spacial score (nSPS) is 11.1. The van der Waals surface area contributed by atoms with Gasteiger partial charge in [0.05, 0.1) is 10.2 Å². The number of hydrogen-bond donors (Lipinski definition) is 3. The highest BCUT2D eigenvalue weighted by Gasteiger charge is 2.19. The maximum absolute atomic E-state index is 11.3. The number of hydrogen-bond acceptors (Lipinski definition) is 10. The molecule has 4 aromatic rings. The van der Waals surface area contributed by atoms with E-state index in [9.17, 15) is 9.90 Å². The molecule has 0 fully saturated rings. The van der Waals surface area contributed by atoms with E-state index in [1.54, 1.807) is 11.3 Å². The van der Waals surface area contributed by atoms with E-state index in [1.807, 2.05) is 42.2 Å². The van der Waals surface area contributed by atoms with Crippen LogP contribution in [0, 0.1) is 6.92 Å². The molecule has 3 heterocycles. The highest BCUT2D eigenvalue weighted by molar-refractivity contribution is 7.22. The topological polar surface area (TPSA) is 124 Å². The first kappa shape index (κ1) is 22.1. The first-order valence-electron chi connectivity index (χ1n) is 10.1. The molecule has 4 rings (SSSR count). The van der Waals surface area contributed by atoms with Crippen molar-refractivity contribution in [2.45, 2.75) is 26.2 Å². The van der Waals surface area contributed by atoms with Crippen molar-refractivity contribution in [3.63, 3.8) is 0 Å². The number of aliphatic hydroxyl groups is 1. The smallest absolute Gasteiger partial charge is 0.355 e. The second kappa shape index (κ2) is 9.98. The SMILES string of the molecule is Cc1cc(N(CCCCCO)c2nc(C(=O)O)cs2)nnc1Nc1nc2ccccc2s1. The van der Waals surface area contributed by atoms with Gasteiger partial charge in [-0.1, -0.05) is 23.5 Å². The molecule has 0 saturated heterocycles. The molecule has 32 heavy (non-hydrogen) atoms. The average molecular weight is 471 g/mol. The van der Waals surface area contributed by atoms with Crippen molar-refractivity contribution < 1.29 is 15.0 Å². The number of carboxylic acids is 1. The standard InChI is InChI=1S/C21H22N6O3S2/c1-13-11-17(25-26-18(13)24-20-22-14-7-3-4-8-16(14)32-20)27(9-5-2-6-10-28)21-23-15(12-31-21)19(29)30/h3-4,7-8,11-12,28H,2,5-6,9-10H2,1H3,(H,29,30)(H,22,24,26). The van der Waals surface area contributed by atoms with Crippen molar-refractivity contribution in [1.29, 1.82) is 0 Å². The van der Waals surface area contributed by atoms with Crippen LogP contribution in [0.3, 0.4) is 0 Å². The number of benzene rings is 1. The van der Waals surface area contributed by atoms with E-state index >= 15 is 0 Å². The Kier molecular flexibility index (Phi) is 6.88. The fourth-order valence-electron chi connectivity index (χ4n) is 3.11. The van der Waals surface area contributed by atoms with Crippen molar-refractivity contribution in [3.05, 3.63) is 47.0 Å². The first-order valence-corrected chi connectivity index (χ1v) is 11.8. The summed E-state index contributed by atoms with van der Waals surface area (Å²) in [5.41, 5.74) is 1.81. The van der Waals surface area contributed by atoms with Crippen LogP contribution in [0.25, 0.3) is 10.2 Å². The lowest BCUT2D eigenvalue weighted by Gasteiger charge is -2.21. The number of rotatable bonds is 10. The Labute approximate surface area is 192 Å². The van der Waals surface area contributed by atoms with Gasteiger partial charge in [-0.15, -0.1) is 21.5 Å². The zero-order valence-corrected chi connectivity index (χ0v) is 19.0. The number of aliphatic hydroxyl groups excluding tert-OH is 1. The Bertz CT molecular complexity index is 1190. The number of unbranched alkanes of at least 4 members (excludes halogenated alkanes) is 2. The molecule has 0 radical (unpaired) electrons. The molecule has 0 amide bonds. The third kappa shape index (κ3) is 5.01. The molecule has 11 heteroatoms. The fraction of sp³-hybridized carbons (Fsp3) is 0.286. The minimum atomic E-state index is -1.06. The number of carbonyl (C=O) groups is 1. The van der Waals surface area contributed by atoms with Crippen molar-refractivity contribution in [2.24, 2.45) is 0 Å². The fourth-order valence-corrected chi connectivity index (χ4v) is 4.81. The van der Waals surface area contributed by atoms with E-state index in [4.69, 9.17) is 5.11 Å². The summed E-state index contributed by atoms with van der Waals surface area (Å²) in [5, 5.41) is 33.1. The lowest BCUT2D eigenvalue weighted by atomic mass is 10.2. The van der Waals surface area contributed by atoms with Gasteiger partial charge in [-0.3, -0.25) is 0 Å². The minimum absolute atomic E-state index is 0.00385. The van der Waals surface area contributed by atoms with E-state index in [-0.39, 0.29) is 12.3 Å². The Morgan fingerprint density at radius 1 is 1.16 bits per heavy atom. The Morgan fingerprint density at radius 3 is 2.72 bits per heavy atom.